The molecule has 2 atom stereocenters. The van der Waals surface area contributed by atoms with Crippen LogP contribution in [-0.2, 0) is 23.0 Å². The van der Waals surface area contributed by atoms with Crippen molar-refractivity contribution in [2.24, 2.45) is 13.0 Å². The summed E-state index contributed by atoms with van der Waals surface area (Å²) in [5.74, 6) is 0.113. The summed E-state index contributed by atoms with van der Waals surface area (Å²) >= 11 is 0. The van der Waals surface area contributed by atoms with Crippen LogP contribution < -0.4 is 11.2 Å². The third-order valence-electron chi connectivity index (χ3n) is 4.99. The molecule has 144 valence electrons. The van der Waals surface area contributed by atoms with E-state index in [2.05, 4.69) is 18.8 Å². The zero-order valence-corrected chi connectivity index (χ0v) is 15.8. The number of hydrogen-bond donors (Lipinski definition) is 1. The summed E-state index contributed by atoms with van der Waals surface area (Å²) < 4.78 is 7.19. The van der Waals surface area contributed by atoms with E-state index in [4.69, 9.17) is 4.74 Å². The summed E-state index contributed by atoms with van der Waals surface area (Å²) in [6, 6.07) is 9.84. The lowest BCUT2D eigenvalue weighted by molar-refractivity contribution is -0.149. The zero-order chi connectivity index (χ0) is 19.6. The van der Waals surface area contributed by atoms with Crippen molar-refractivity contribution >= 4 is 5.91 Å². The van der Waals surface area contributed by atoms with Crippen molar-refractivity contribution in [3.8, 4) is 0 Å². The van der Waals surface area contributed by atoms with Crippen molar-refractivity contribution in [2.45, 2.75) is 32.5 Å². The van der Waals surface area contributed by atoms with Crippen molar-refractivity contribution in [1.29, 1.82) is 0 Å². The lowest BCUT2D eigenvalue weighted by Crippen LogP contribution is -2.49. The van der Waals surface area contributed by atoms with Crippen LogP contribution >= 0.6 is 0 Å². The number of rotatable bonds is 4. The van der Waals surface area contributed by atoms with E-state index in [0.29, 0.717) is 13.1 Å². The van der Waals surface area contributed by atoms with Crippen LogP contribution in [0.25, 0.3) is 0 Å². The van der Waals surface area contributed by atoms with Crippen molar-refractivity contribution < 1.29 is 9.53 Å². The Hall–Kier alpha value is -2.67. The van der Waals surface area contributed by atoms with Crippen molar-refractivity contribution in [1.82, 2.24) is 14.5 Å². The van der Waals surface area contributed by atoms with Crippen LogP contribution in [0, 0.1) is 5.92 Å². The highest BCUT2D eigenvalue weighted by Gasteiger charge is 2.33. The van der Waals surface area contributed by atoms with Gasteiger partial charge < -0.3 is 14.6 Å². The Morgan fingerprint density at radius 3 is 2.59 bits per heavy atom. The van der Waals surface area contributed by atoms with Gasteiger partial charge in [0.05, 0.1) is 19.1 Å². The van der Waals surface area contributed by atoms with Crippen molar-refractivity contribution in [3.63, 3.8) is 0 Å². The summed E-state index contributed by atoms with van der Waals surface area (Å²) in [7, 11) is 1.39. The molecule has 1 aliphatic rings. The lowest BCUT2D eigenvalue weighted by atomic mass is 10.0. The first kappa shape index (κ1) is 19.1. The molecule has 3 rings (SSSR count). The first-order valence-electron chi connectivity index (χ1n) is 9.12. The number of amides is 1. The van der Waals surface area contributed by atoms with Gasteiger partial charge in [-0.25, -0.2) is 4.79 Å². The van der Waals surface area contributed by atoms with Gasteiger partial charge >= 0.3 is 5.69 Å². The topological polar surface area (TPSA) is 84.4 Å². The third kappa shape index (κ3) is 4.19. The Balaban J connectivity index is 1.81. The van der Waals surface area contributed by atoms with Crippen LogP contribution in [0.3, 0.4) is 0 Å². The largest absolute Gasteiger partial charge is 0.366 e. The van der Waals surface area contributed by atoms with Crippen LogP contribution in [0.5, 0.6) is 0 Å². The molecule has 27 heavy (non-hydrogen) atoms. The summed E-state index contributed by atoms with van der Waals surface area (Å²) in [5.41, 5.74) is 0.374. The smallest absolute Gasteiger partial charge is 0.328 e. The molecule has 0 unspecified atom stereocenters. The Morgan fingerprint density at radius 1 is 1.22 bits per heavy atom. The summed E-state index contributed by atoms with van der Waals surface area (Å²) in [6.07, 6.45) is 1.01. The molecule has 0 spiro atoms. The van der Waals surface area contributed by atoms with E-state index in [1.807, 2.05) is 30.3 Å². The number of ether oxygens (including phenoxy) is 1. The van der Waals surface area contributed by atoms with Crippen LogP contribution in [0.1, 0.15) is 31.1 Å². The minimum atomic E-state index is -0.494. The second-order valence-corrected chi connectivity index (χ2v) is 7.28. The standard InChI is InChI=1S/C20H25N3O4/c1-13(2)16-11-23(12-17(27-16)14-7-5-4-6-8-14)18(24)9-15-10-21-20(26)22(3)19(15)25/h4-8,10,13,16-17H,9,11-12H2,1-3H3,(H,21,26)/t16-,17+/m1/s1. The normalized spacial score (nSPS) is 20.1. The molecule has 0 bridgehead atoms. The molecular formula is C20H25N3O4. The van der Waals surface area contributed by atoms with Gasteiger partial charge in [0.2, 0.25) is 5.91 Å². The third-order valence-corrected chi connectivity index (χ3v) is 4.99. The van der Waals surface area contributed by atoms with E-state index in [0.717, 1.165) is 10.1 Å². The second-order valence-electron chi connectivity index (χ2n) is 7.28. The molecule has 7 nitrogen and oxygen atoms in total. The molecule has 1 fully saturated rings. The van der Waals surface area contributed by atoms with E-state index >= 15 is 0 Å². The van der Waals surface area contributed by atoms with Gasteiger partial charge in [-0.05, 0) is 11.5 Å². The van der Waals surface area contributed by atoms with Crippen LogP contribution in [-0.4, -0.2) is 39.6 Å². The predicted molar refractivity (Wildman–Crippen MR) is 101 cm³/mol. The highest BCUT2D eigenvalue weighted by Crippen LogP contribution is 2.28. The van der Waals surface area contributed by atoms with E-state index in [9.17, 15) is 14.4 Å². The molecule has 0 radical (unpaired) electrons. The van der Waals surface area contributed by atoms with E-state index < -0.39 is 11.2 Å². The summed E-state index contributed by atoms with van der Waals surface area (Å²) in [5, 5.41) is 0. The van der Waals surface area contributed by atoms with Gasteiger partial charge in [-0.2, -0.15) is 0 Å². The van der Waals surface area contributed by atoms with Gasteiger partial charge in [-0.1, -0.05) is 44.2 Å². The minimum absolute atomic E-state index is 0.0459. The molecule has 2 heterocycles. The highest BCUT2D eigenvalue weighted by molar-refractivity contribution is 5.78. The quantitative estimate of drug-likeness (QED) is 0.876. The number of nitrogens with zero attached hydrogens (tertiary/aromatic N) is 2. The van der Waals surface area contributed by atoms with E-state index in [1.165, 1.54) is 13.2 Å². The van der Waals surface area contributed by atoms with Crippen molar-refractivity contribution in [3.05, 3.63) is 68.5 Å². The Bertz CT molecular complexity index is 917. The van der Waals surface area contributed by atoms with Crippen LogP contribution in [0.2, 0.25) is 0 Å². The first-order chi connectivity index (χ1) is 12.9. The predicted octanol–water partition coefficient (Wildman–Crippen LogP) is 1.24. The number of carbonyl (C=O) groups is 1. The maximum absolute atomic E-state index is 12.9. The molecule has 0 aliphatic carbocycles. The second kappa shape index (κ2) is 7.92. The molecule has 0 saturated carbocycles. The van der Waals surface area contributed by atoms with Gasteiger partial charge in [-0.15, -0.1) is 0 Å². The monoisotopic (exact) mass is 371 g/mol. The molecule has 7 heteroatoms. The number of carbonyl (C=O) groups excluding carboxylic acids is 1. The van der Waals surface area contributed by atoms with Gasteiger partial charge in [0.25, 0.3) is 5.56 Å². The number of H-pyrrole nitrogens is 1. The molecule has 2 aromatic rings. The maximum Gasteiger partial charge on any atom is 0.328 e. The molecule has 1 amide bonds. The molecule has 1 aromatic carbocycles. The fraction of sp³-hybridized carbons (Fsp3) is 0.450. The van der Waals surface area contributed by atoms with Crippen LogP contribution in [0.4, 0.5) is 0 Å². The van der Waals surface area contributed by atoms with Gasteiger partial charge in [0.15, 0.2) is 0 Å². The SMILES string of the molecule is CC(C)[C@H]1CN(C(=O)Cc2c[nH]c(=O)n(C)c2=O)C[C@@H](c2ccccc2)O1. The van der Waals surface area contributed by atoms with Gasteiger partial charge in [0.1, 0.15) is 6.10 Å². The number of aromatic nitrogens is 2. The Morgan fingerprint density at radius 2 is 1.93 bits per heavy atom. The maximum atomic E-state index is 12.9. The average molecular weight is 371 g/mol. The Kier molecular flexibility index (Phi) is 5.60. The average Bonchev–Trinajstić information content (AvgIpc) is 2.68. The first-order valence-corrected chi connectivity index (χ1v) is 9.12. The number of nitrogens with one attached hydrogen (secondary N) is 1. The Labute approximate surface area is 157 Å². The highest BCUT2D eigenvalue weighted by atomic mass is 16.5. The van der Waals surface area contributed by atoms with Crippen LogP contribution in [0.15, 0.2) is 46.1 Å². The van der Waals surface area contributed by atoms with Gasteiger partial charge in [0, 0.05) is 25.4 Å². The number of hydrogen-bond acceptors (Lipinski definition) is 4. The molecule has 1 aliphatic heterocycles. The number of benzene rings is 1. The number of morpholine rings is 1. The minimum Gasteiger partial charge on any atom is -0.366 e. The summed E-state index contributed by atoms with van der Waals surface area (Å²) in [4.78, 5) is 40.8. The fourth-order valence-electron chi connectivity index (χ4n) is 3.23. The molecular weight excluding hydrogens is 346 g/mol. The summed E-state index contributed by atoms with van der Waals surface area (Å²) in [6.45, 7) is 5.07. The zero-order valence-electron chi connectivity index (χ0n) is 15.8. The molecule has 1 aromatic heterocycles. The van der Waals surface area contributed by atoms with E-state index in [-0.39, 0.29) is 36.0 Å². The van der Waals surface area contributed by atoms with Crippen molar-refractivity contribution in [2.75, 3.05) is 13.1 Å². The fourth-order valence-corrected chi connectivity index (χ4v) is 3.23. The molecule has 1 saturated heterocycles. The number of aromatic amines is 1. The van der Waals surface area contributed by atoms with Gasteiger partial charge in [-0.3, -0.25) is 14.2 Å². The van der Waals surface area contributed by atoms with E-state index in [1.54, 1.807) is 4.90 Å². The lowest BCUT2D eigenvalue weighted by Gasteiger charge is -2.40. The molecule has 1 N–H and O–H groups in total.